The molecule has 0 amide bonds. The Morgan fingerprint density at radius 2 is 2.00 bits per heavy atom. The summed E-state index contributed by atoms with van der Waals surface area (Å²) >= 11 is 0. The van der Waals surface area contributed by atoms with Gasteiger partial charge in [0, 0.05) is 14.2 Å². The summed E-state index contributed by atoms with van der Waals surface area (Å²) < 4.78 is 28.7. The Labute approximate surface area is 104 Å². The fourth-order valence-electron chi connectivity index (χ4n) is 2.88. The lowest BCUT2D eigenvalue weighted by molar-refractivity contribution is -0.245. The van der Waals surface area contributed by atoms with E-state index in [-0.39, 0.29) is 6.42 Å². The van der Waals surface area contributed by atoms with Gasteiger partial charge in [-0.05, 0) is 12.5 Å². The number of methoxy groups -OCH3 is 3. The number of rotatable bonds is 3. The zero-order chi connectivity index (χ0) is 13.5. The standard InChI is InChI=1S/C12H15FO5/c1-16-11(15)7-4-8-9(13)5-6(7)10(14)12(8,17-2)18-3/h5-8H,4H2,1-3H3/t6-,7-,8-/m0/s1. The Balaban J connectivity index is 2.42. The first-order valence-electron chi connectivity index (χ1n) is 5.61. The van der Waals surface area contributed by atoms with Crippen LogP contribution in [0.4, 0.5) is 4.39 Å². The molecule has 0 unspecified atom stereocenters. The molecule has 3 rings (SSSR count). The zero-order valence-corrected chi connectivity index (χ0v) is 10.4. The van der Waals surface area contributed by atoms with Crippen molar-refractivity contribution in [1.82, 2.24) is 0 Å². The van der Waals surface area contributed by atoms with Crippen LogP contribution < -0.4 is 0 Å². The molecule has 1 fully saturated rings. The summed E-state index contributed by atoms with van der Waals surface area (Å²) in [5, 5.41) is 0. The summed E-state index contributed by atoms with van der Waals surface area (Å²) in [5.41, 5.74) is 0. The van der Waals surface area contributed by atoms with Gasteiger partial charge in [-0.2, -0.15) is 0 Å². The van der Waals surface area contributed by atoms with Crippen molar-refractivity contribution >= 4 is 11.8 Å². The molecular formula is C12H15FO5. The van der Waals surface area contributed by atoms with Crippen molar-refractivity contribution in [3.63, 3.8) is 0 Å². The highest BCUT2D eigenvalue weighted by Gasteiger charge is 2.62. The van der Waals surface area contributed by atoms with Gasteiger partial charge in [-0.15, -0.1) is 0 Å². The molecule has 0 heterocycles. The molecule has 3 aliphatic carbocycles. The Morgan fingerprint density at radius 1 is 1.39 bits per heavy atom. The molecule has 0 radical (unpaired) electrons. The summed E-state index contributed by atoms with van der Waals surface area (Å²) in [5.74, 6) is -5.47. The van der Waals surface area contributed by atoms with E-state index >= 15 is 0 Å². The van der Waals surface area contributed by atoms with Crippen LogP contribution in [-0.4, -0.2) is 38.9 Å². The molecule has 2 bridgehead atoms. The zero-order valence-electron chi connectivity index (χ0n) is 10.4. The van der Waals surface area contributed by atoms with Crippen LogP contribution in [0.3, 0.4) is 0 Å². The summed E-state index contributed by atoms with van der Waals surface area (Å²) in [6.45, 7) is 0. The third-order valence-corrected chi connectivity index (χ3v) is 3.81. The van der Waals surface area contributed by atoms with Gasteiger partial charge in [-0.25, -0.2) is 4.39 Å². The lowest BCUT2D eigenvalue weighted by Crippen LogP contribution is -2.61. The van der Waals surface area contributed by atoms with Gasteiger partial charge in [0.25, 0.3) is 0 Å². The van der Waals surface area contributed by atoms with Crippen LogP contribution in [0.5, 0.6) is 0 Å². The second kappa shape index (κ2) is 4.44. The molecule has 5 nitrogen and oxygen atoms in total. The predicted octanol–water partition coefficient (Wildman–Crippen LogP) is 0.837. The van der Waals surface area contributed by atoms with Crippen molar-refractivity contribution in [1.29, 1.82) is 0 Å². The van der Waals surface area contributed by atoms with Gasteiger partial charge in [-0.3, -0.25) is 9.59 Å². The van der Waals surface area contributed by atoms with Gasteiger partial charge in [-0.1, -0.05) is 0 Å². The monoisotopic (exact) mass is 258 g/mol. The minimum Gasteiger partial charge on any atom is -0.469 e. The first kappa shape index (κ1) is 13.2. The van der Waals surface area contributed by atoms with Crippen LogP contribution in [0.25, 0.3) is 0 Å². The first-order valence-corrected chi connectivity index (χ1v) is 5.61. The van der Waals surface area contributed by atoms with E-state index in [4.69, 9.17) is 9.47 Å². The summed E-state index contributed by atoms with van der Waals surface area (Å²) in [7, 11) is 3.83. The first-order chi connectivity index (χ1) is 8.51. The van der Waals surface area contributed by atoms with E-state index in [1.807, 2.05) is 0 Å². The lowest BCUT2D eigenvalue weighted by Gasteiger charge is -2.47. The number of esters is 1. The Bertz CT molecular complexity index is 413. The second-order valence-electron chi connectivity index (χ2n) is 4.44. The Hall–Kier alpha value is -1.27. The molecular weight excluding hydrogens is 243 g/mol. The highest BCUT2D eigenvalue weighted by molar-refractivity contribution is 5.96. The van der Waals surface area contributed by atoms with Crippen molar-refractivity contribution in [2.75, 3.05) is 21.3 Å². The summed E-state index contributed by atoms with van der Waals surface area (Å²) in [6.07, 6.45) is 1.32. The quantitative estimate of drug-likeness (QED) is 0.554. The van der Waals surface area contributed by atoms with Gasteiger partial charge in [0.05, 0.1) is 24.9 Å². The number of fused-ring (bicyclic) bond motifs is 2. The maximum absolute atomic E-state index is 13.9. The van der Waals surface area contributed by atoms with E-state index in [1.165, 1.54) is 27.4 Å². The van der Waals surface area contributed by atoms with Crippen molar-refractivity contribution in [3.05, 3.63) is 11.9 Å². The van der Waals surface area contributed by atoms with Crippen molar-refractivity contribution in [2.45, 2.75) is 12.2 Å². The van der Waals surface area contributed by atoms with E-state index in [1.54, 1.807) is 0 Å². The van der Waals surface area contributed by atoms with E-state index in [0.29, 0.717) is 0 Å². The van der Waals surface area contributed by atoms with Crippen molar-refractivity contribution in [2.24, 2.45) is 17.8 Å². The fourth-order valence-corrected chi connectivity index (χ4v) is 2.88. The molecule has 0 N–H and O–H groups in total. The minimum atomic E-state index is -1.62. The van der Waals surface area contributed by atoms with Crippen LogP contribution in [0.1, 0.15) is 6.42 Å². The van der Waals surface area contributed by atoms with Crippen molar-refractivity contribution < 1.29 is 28.2 Å². The van der Waals surface area contributed by atoms with Crippen molar-refractivity contribution in [3.8, 4) is 0 Å². The van der Waals surface area contributed by atoms with Gasteiger partial charge in [0.15, 0.2) is 5.78 Å². The molecule has 0 aromatic rings. The van der Waals surface area contributed by atoms with Crippen LogP contribution in [0, 0.1) is 17.8 Å². The molecule has 3 aliphatic rings. The van der Waals surface area contributed by atoms with Gasteiger partial charge < -0.3 is 14.2 Å². The molecule has 100 valence electrons. The van der Waals surface area contributed by atoms with Gasteiger partial charge in [0.1, 0.15) is 5.83 Å². The largest absolute Gasteiger partial charge is 0.469 e. The number of allylic oxidation sites excluding steroid dienone is 1. The number of hydrogen-bond acceptors (Lipinski definition) is 5. The molecule has 0 spiro atoms. The lowest BCUT2D eigenvalue weighted by atomic mass is 9.64. The maximum Gasteiger partial charge on any atom is 0.309 e. The smallest absolute Gasteiger partial charge is 0.309 e. The van der Waals surface area contributed by atoms with Crippen LogP contribution in [0.2, 0.25) is 0 Å². The summed E-state index contributed by atoms with van der Waals surface area (Å²) in [6, 6.07) is 0. The highest BCUT2D eigenvalue weighted by atomic mass is 19.1. The van der Waals surface area contributed by atoms with E-state index in [0.717, 1.165) is 0 Å². The number of carbonyl (C=O) groups excluding carboxylic acids is 2. The minimum absolute atomic E-state index is 0.146. The fraction of sp³-hybridized carbons (Fsp3) is 0.667. The molecule has 6 heteroatoms. The number of halogens is 1. The van der Waals surface area contributed by atoms with E-state index in [2.05, 4.69) is 4.74 Å². The second-order valence-corrected chi connectivity index (χ2v) is 4.44. The van der Waals surface area contributed by atoms with Gasteiger partial charge in [0.2, 0.25) is 5.79 Å². The molecule has 0 aromatic heterocycles. The summed E-state index contributed by atoms with van der Waals surface area (Å²) in [4.78, 5) is 23.9. The molecule has 0 aromatic carbocycles. The molecule has 3 atom stereocenters. The average Bonchev–Trinajstić information content (AvgIpc) is 2.39. The van der Waals surface area contributed by atoms with Crippen LogP contribution >= 0.6 is 0 Å². The van der Waals surface area contributed by atoms with Crippen LogP contribution in [-0.2, 0) is 23.8 Å². The normalized spacial score (nSPS) is 33.2. The van der Waals surface area contributed by atoms with E-state index in [9.17, 15) is 14.0 Å². The number of hydrogen-bond donors (Lipinski definition) is 0. The number of carbonyl (C=O) groups is 2. The van der Waals surface area contributed by atoms with Gasteiger partial charge >= 0.3 is 5.97 Å². The molecule has 0 saturated heterocycles. The number of ether oxygens (including phenoxy) is 3. The highest BCUT2D eigenvalue weighted by Crippen LogP contribution is 2.50. The average molecular weight is 258 g/mol. The maximum atomic E-state index is 13.9. The Morgan fingerprint density at radius 3 is 2.50 bits per heavy atom. The third kappa shape index (κ3) is 1.52. The molecule has 1 saturated carbocycles. The number of Topliss-reactive ketones (excluding diaryl/α,β-unsaturated/α-hetero) is 1. The number of ketones is 1. The van der Waals surface area contributed by atoms with E-state index < -0.39 is 41.1 Å². The predicted molar refractivity (Wildman–Crippen MR) is 58.1 cm³/mol. The SMILES string of the molecule is COC(=O)[C@H]1C[C@H]2C(F)=C[C@@H]1C(=O)C2(OC)OC. The van der Waals surface area contributed by atoms with Crippen LogP contribution in [0.15, 0.2) is 11.9 Å². The Kier molecular flexibility index (Phi) is 3.25. The molecule has 18 heavy (non-hydrogen) atoms. The molecule has 0 aliphatic heterocycles. The third-order valence-electron chi connectivity index (χ3n) is 3.81. The topological polar surface area (TPSA) is 61.8 Å².